The summed E-state index contributed by atoms with van der Waals surface area (Å²) >= 11 is 0. The quantitative estimate of drug-likeness (QED) is 0.325. The molecule has 2 rings (SSSR count). The van der Waals surface area contributed by atoms with Crippen LogP contribution in [0, 0.1) is 12.7 Å². The molecule has 2 aromatic rings. The molecule has 2 N–H and O–H groups in total. The summed E-state index contributed by atoms with van der Waals surface area (Å²) in [5.74, 6) is 0.318. The largest absolute Gasteiger partial charge is 0.357 e. The Morgan fingerprint density at radius 1 is 1.14 bits per heavy atom. The average Bonchev–Trinajstić information content (AvgIpc) is 2.66. The minimum absolute atomic E-state index is 0. The summed E-state index contributed by atoms with van der Waals surface area (Å²) in [5, 5.41) is 6.30. The molecule has 6 nitrogen and oxygen atoms in total. The van der Waals surface area contributed by atoms with Crippen LogP contribution in [0.25, 0.3) is 0 Å². The number of nitrogens with zero attached hydrogens (tertiary/aromatic N) is 2. The number of hydrogen-bond donors (Lipinski definition) is 2. The third kappa shape index (κ3) is 6.93. The summed E-state index contributed by atoms with van der Waals surface area (Å²) in [4.78, 5) is 4.77. The number of nitrogens with one attached hydrogen (secondary N) is 2. The second kappa shape index (κ2) is 11.5. The van der Waals surface area contributed by atoms with Gasteiger partial charge in [-0.05, 0) is 42.7 Å². The maximum Gasteiger partial charge on any atom is 0.242 e. The van der Waals surface area contributed by atoms with E-state index in [1.165, 1.54) is 24.5 Å². The van der Waals surface area contributed by atoms with E-state index < -0.39 is 10.0 Å². The summed E-state index contributed by atoms with van der Waals surface area (Å²) in [6.07, 6.45) is 0. The molecule has 0 radical (unpaired) electrons. The molecule has 0 aliphatic rings. The van der Waals surface area contributed by atoms with E-state index in [0.29, 0.717) is 36.7 Å². The summed E-state index contributed by atoms with van der Waals surface area (Å²) in [7, 11) is -0.515. The van der Waals surface area contributed by atoms with Crippen molar-refractivity contribution in [3.05, 3.63) is 65.0 Å². The summed E-state index contributed by atoms with van der Waals surface area (Å²) < 4.78 is 39.6. The van der Waals surface area contributed by atoms with Gasteiger partial charge in [-0.1, -0.05) is 30.3 Å². The predicted molar refractivity (Wildman–Crippen MR) is 126 cm³/mol. The highest BCUT2D eigenvalue weighted by atomic mass is 127. The lowest BCUT2D eigenvalue weighted by molar-refractivity contribution is 0.519. The van der Waals surface area contributed by atoms with Gasteiger partial charge in [-0.25, -0.2) is 22.1 Å². The minimum atomic E-state index is -3.53. The Morgan fingerprint density at radius 3 is 2.45 bits per heavy atom. The summed E-state index contributed by atoms with van der Waals surface area (Å²) in [5.41, 5.74) is 2.12. The fraction of sp³-hybridized carbons (Fsp3) is 0.350. The van der Waals surface area contributed by atoms with E-state index in [-0.39, 0.29) is 34.7 Å². The smallest absolute Gasteiger partial charge is 0.242 e. The summed E-state index contributed by atoms with van der Waals surface area (Å²) in [6.45, 7) is 5.01. The Morgan fingerprint density at radius 2 is 1.83 bits per heavy atom. The van der Waals surface area contributed by atoms with E-state index in [1.807, 2.05) is 6.92 Å². The number of benzene rings is 2. The van der Waals surface area contributed by atoms with Gasteiger partial charge in [0, 0.05) is 27.2 Å². The van der Waals surface area contributed by atoms with Gasteiger partial charge in [-0.15, -0.1) is 24.0 Å². The van der Waals surface area contributed by atoms with Crippen LogP contribution in [0.3, 0.4) is 0 Å². The molecular formula is C20H28FIN4O2S. The molecule has 0 atom stereocenters. The van der Waals surface area contributed by atoms with Crippen LogP contribution in [-0.2, 0) is 23.1 Å². The van der Waals surface area contributed by atoms with Crippen molar-refractivity contribution in [3.63, 3.8) is 0 Å². The zero-order valence-electron chi connectivity index (χ0n) is 17.1. The third-order valence-corrected chi connectivity index (χ3v) is 6.08. The Bertz CT molecular complexity index is 949. The number of sulfonamides is 1. The van der Waals surface area contributed by atoms with E-state index >= 15 is 0 Å². The highest BCUT2D eigenvalue weighted by molar-refractivity contribution is 14.0. The van der Waals surface area contributed by atoms with Gasteiger partial charge in [-0.3, -0.25) is 0 Å². The number of hydrogen-bond acceptors (Lipinski definition) is 3. The van der Waals surface area contributed by atoms with Gasteiger partial charge >= 0.3 is 0 Å². The van der Waals surface area contributed by atoms with Crippen molar-refractivity contribution in [1.29, 1.82) is 0 Å². The highest BCUT2D eigenvalue weighted by Crippen LogP contribution is 2.18. The Hall–Kier alpha value is -1.72. The van der Waals surface area contributed by atoms with Crippen molar-refractivity contribution < 1.29 is 12.8 Å². The highest BCUT2D eigenvalue weighted by Gasteiger charge is 2.20. The monoisotopic (exact) mass is 534 g/mol. The molecule has 0 aromatic heterocycles. The standard InChI is InChI=1S/C20H27FN4O2S.HI/c1-5-22-20(23-13-16-10-11-18(21)15(2)12-16)24-14-17-8-6-7-9-19(17)28(26,27)25(3)4;/h6-12H,5,13-14H2,1-4H3,(H2,22,23,24);1H. The molecule has 160 valence electrons. The number of rotatable bonds is 7. The fourth-order valence-electron chi connectivity index (χ4n) is 2.59. The number of aryl methyl sites for hydroxylation is 1. The maximum absolute atomic E-state index is 13.4. The maximum atomic E-state index is 13.4. The minimum Gasteiger partial charge on any atom is -0.357 e. The van der Waals surface area contributed by atoms with Crippen LogP contribution in [0.2, 0.25) is 0 Å². The lowest BCUT2D eigenvalue weighted by atomic mass is 10.1. The SMILES string of the molecule is CCNC(=NCc1ccc(F)c(C)c1)NCc1ccccc1S(=O)(=O)N(C)C.I. The molecule has 0 saturated carbocycles. The van der Waals surface area contributed by atoms with Crippen LogP contribution in [0.1, 0.15) is 23.6 Å². The fourth-order valence-corrected chi connectivity index (χ4v) is 3.71. The van der Waals surface area contributed by atoms with E-state index in [2.05, 4.69) is 15.6 Å². The van der Waals surface area contributed by atoms with E-state index in [9.17, 15) is 12.8 Å². The molecule has 2 aromatic carbocycles. The van der Waals surface area contributed by atoms with Crippen molar-refractivity contribution >= 4 is 40.0 Å². The van der Waals surface area contributed by atoms with Gasteiger partial charge in [0.15, 0.2) is 5.96 Å². The van der Waals surface area contributed by atoms with Gasteiger partial charge in [0.2, 0.25) is 10.0 Å². The lowest BCUT2D eigenvalue weighted by Gasteiger charge is -2.17. The predicted octanol–water partition coefficient (Wildman–Crippen LogP) is 3.26. The van der Waals surface area contributed by atoms with Crippen molar-refractivity contribution in [2.24, 2.45) is 4.99 Å². The molecule has 0 fully saturated rings. The summed E-state index contributed by atoms with van der Waals surface area (Å²) in [6, 6.07) is 11.8. The van der Waals surface area contributed by atoms with Crippen molar-refractivity contribution in [3.8, 4) is 0 Å². The topological polar surface area (TPSA) is 73.8 Å². The molecule has 9 heteroatoms. The first kappa shape index (κ1) is 25.3. The number of guanidine groups is 1. The average molecular weight is 534 g/mol. The molecular weight excluding hydrogens is 506 g/mol. The normalized spacial score (nSPS) is 11.9. The van der Waals surface area contributed by atoms with Gasteiger partial charge in [0.25, 0.3) is 0 Å². The van der Waals surface area contributed by atoms with Gasteiger partial charge < -0.3 is 10.6 Å². The van der Waals surface area contributed by atoms with Crippen LogP contribution in [-0.4, -0.2) is 39.3 Å². The van der Waals surface area contributed by atoms with Crippen LogP contribution in [0.4, 0.5) is 4.39 Å². The molecule has 0 saturated heterocycles. The molecule has 0 heterocycles. The second-order valence-electron chi connectivity index (χ2n) is 6.53. The van der Waals surface area contributed by atoms with Gasteiger partial charge in [0.1, 0.15) is 5.82 Å². The number of halogens is 2. The molecule has 29 heavy (non-hydrogen) atoms. The van der Waals surface area contributed by atoms with E-state index in [4.69, 9.17) is 0 Å². The van der Waals surface area contributed by atoms with Crippen molar-refractivity contribution in [2.75, 3.05) is 20.6 Å². The third-order valence-electron chi connectivity index (χ3n) is 4.16. The van der Waals surface area contributed by atoms with Crippen molar-refractivity contribution in [2.45, 2.75) is 31.8 Å². The van der Waals surface area contributed by atoms with Crippen LogP contribution in [0.15, 0.2) is 52.4 Å². The first-order valence-electron chi connectivity index (χ1n) is 9.03. The molecule has 0 unspecified atom stereocenters. The van der Waals surface area contributed by atoms with Crippen LogP contribution < -0.4 is 10.6 Å². The zero-order valence-corrected chi connectivity index (χ0v) is 20.2. The molecule has 0 amide bonds. The molecule has 0 aliphatic heterocycles. The van der Waals surface area contributed by atoms with E-state index in [0.717, 1.165) is 5.56 Å². The molecule has 0 spiro atoms. The first-order valence-corrected chi connectivity index (χ1v) is 10.5. The second-order valence-corrected chi connectivity index (χ2v) is 8.65. The first-order chi connectivity index (χ1) is 13.3. The van der Waals surface area contributed by atoms with Gasteiger partial charge in [0.05, 0.1) is 11.4 Å². The molecule has 0 aliphatic carbocycles. The zero-order chi connectivity index (χ0) is 20.7. The van der Waals surface area contributed by atoms with E-state index in [1.54, 1.807) is 43.3 Å². The number of aliphatic imine (C=N–C) groups is 1. The lowest BCUT2D eigenvalue weighted by Crippen LogP contribution is -2.37. The Balaban J connectivity index is 0.00000420. The van der Waals surface area contributed by atoms with Crippen molar-refractivity contribution in [1.82, 2.24) is 14.9 Å². The Kier molecular flexibility index (Phi) is 10.0. The van der Waals surface area contributed by atoms with Crippen LogP contribution in [0.5, 0.6) is 0 Å². The molecule has 0 bridgehead atoms. The Labute approximate surface area is 189 Å². The van der Waals surface area contributed by atoms with Gasteiger partial charge in [-0.2, -0.15) is 0 Å². The van der Waals surface area contributed by atoms with Crippen LogP contribution >= 0.6 is 24.0 Å².